The first-order valence-electron chi connectivity index (χ1n) is 9.94. The molecule has 1 fully saturated rings. The second-order valence-electron chi connectivity index (χ2n) is 7.34. The Hall–Kier alpha value is -3.75. The minimum absolute atomic E-state index is 0.208. The lowest BCUT2D eigenvalue weighted by atomic mass is 9.81. The summed E-state index contributed by atoms with van der Waals surface area (Å²) >= 11 is 0. The molecule has 0 atom stereocenters. The average molecular weight is 405 g/mol. The molecule has 0 bridgehead atoms. The number of tetrazole rings is 1. The van der Waals surface area contributed by atoms with Crippen LogP contribution in [0.2, 0.25) is 0 Å². The van der Waals surface area contributed by atoms with Crippen LogP contribution in [-0.4, -0.2) is 37.7 Å². The number of hydrogen-bond donors (Lipinski definition) is 3. The highest BCUT2D eigenvalue weighted by Gasteiger charge is 2.41. The molecule has 0 aliphatic heterocycles. The molecule has 0 saturated heterocycles. The van der Waals surface area contributed by atoms with Gasteiger partial charge in [0.25, 0.3) is 0 Å². The first kappa shape index (κ1) is 19.6. The smallest absolute Gasteiger partial charge is 0.320 e. The highest BCUT2D eigenvalue weighted by molar-refractivity contribution is 6.02. The van der Waals surface area contributed by atoms with Gasteiger partial charge >= 0.3 is 6.03 Å². The van der Waals surface area contributed by atoms with Crippen LogP contribution < -0.4 is 16.0 Å². The van der Waals surface area contributed by atoms with Gasteiger partial charge < -0.3 is 16.0 Å². The number of rotatable bonds is 5. The van der Waals surface area contributed by atoms with Gasteiger partial charge in [0.1, 0.15) is 11.9 Å². The number of nitrogens with one attached hydrogen (secondary N) is 3. The number of benzene rings is 2. The van der Waals surface area contributed by atoms with E-state index in [1.165, 1.54) is 11.0 Å². The second kappa shape index (κ2) is 8.73. The number of nitrogens with zero attached hydrogens (tertiary/aromatic N) is 4. The molecule has 3 N–H and O–H groups in total. The fourth-order valence-corrected chi connectivity index (χ4v) is 3.69. The van der Waals surface area contributed by atoms with Gasteiger partial charge in [0.05, 0.1) is 5.69 Å². The third-order valence-corrected chi connectivity index (χ3v) is 5.26. The highest BCUT2D eigenvalue weighted by atomic mass is 16.2. The Bertz CT molecular complexity index is 982. The summed E-state index contributed by atoms with van der Waals surface area (Å²) in [5.74, 6) is -0.208. The molecular weight excluding hydrogens is 382 g/mol. The summed E-state index contributed by atoms with van der Waals surface area (Å²) in [6.07, 6.45) is 5.53. The van der Waals surface area contributed by atoms with E-state index in [-0.39, 0.29) is 11.9 Å². The molecule has 1 aliphatic carbocycles. The van der Waals surface area contributed by atoms with E-state index in [4.69, 9.17) is 0 Å². The zero-order valence-electron chi connectivity index (χ0n) is 16.4. The maximum Gasteiger partial charge on any atom is 0.320 e. The van der Waals surface area contributed by atoms with Crippen molar-refractivity contribution in [2.45, 2.75) is 37.6 Å². The number of hydrogen-bond acceptors (Lipinski definition) is 5. The molecular formula is C21H23N7O2. The van der Waals surface area contributed by atoms with Crippen LogP contribution in [0.3, 0.4) is 0 Å². The maximum absolute atomic E-state index is 13.2. The summed E-state index contributed by atoms with van der Waals surface area (Å²) in [5, 5.41) is 19.8. The Labute approximate surface area is 173 Å². The van der Waals surface area contributed by atoms with Crippen molar-refractivity contribution in [2.75, 3.05) is 10.6 Å². The molecule has 9 heteroatoms. The number of carbonyl (C=O) groups is 2. The minimum atomic E-state index is -0.939. The number of anilines is 2. The van der Waals surface area contributed by atoms with Crippen molar-refractivity contribution in [3.05, 3.63) is 60.9 Å². The SMILES string of the molecule is O=C(Nc1ccccc1)NC1(C(=O)Nc2ccc(-n3cnnn3)cc2)CCCCC1. The summed E-state index contributed by atoms with van der Waals surface area (Å²) < 4.78 is 1.53. The molecule has 1 aliphatic rings. The lowest BCUT2D eigenvalue weighted by Crippen LogP contribution is -2.58. The molecule has 9 nitrogen and oxygen atoms in total. The van der Waals surface area contributed by atoms with Gasteiger partial charge in [-0.2, -0.15) is 0 Å². The van der Waals surface area contributed by atoms with E-state index in [9.17, 15) is 9.59 Å². The third kappa shape index (κ3) is 4.45. The molecule has 30 heavy (non-hydrogen) atoms. The van der Waals surface area contributed by atoms with Crippen LogP contribution in [0, 0.1) is 0 Å². The van der Waals surface area contributed by atoms with Gasteiger partial charge in [-0.1, -0.05) is 37.5 Å². The van der Waals surface area contributed by atoms with Gasteiger partial charge in [-0.05, 0) is 59.7 Å². The summed E-state index contributed by atoms with van der Waals surface area (Å²) in [4.78, 5) is 25.8. The van der Waals surface area contributed by atoms with Crippen molar-refractivity contribution in [3.8, 4) is 5.69 Å². The topological polar surface area (TPSA) is 114 Å². The fourth-order valence-electron chi connectivity index (χ4n) is 3.69. The van der Waals surface area contributed by atoms with Gasteiger partial charge in [0, 0.05) is 11.4 Å². The molecule has 0 unspecified atom stereocenters. The first-order valence-corrected chi connectivity index (χ1v) is 9.94. The summed E-state index contributed by atoms with van der Waals surface area (Å²) in [7, 11) is 0. The lowest BCUT2D eigenvalue weighted by molar-refractivity contribution is -0.123. The Morgan fingerprint density at radius 1 is 0.867 bits per heavy atom. The molecule has 3 amide bonds. The summed E-state index contributed by atoms with van der Waals surface area (Å²) in [5.41, 5.74) is 1.17. The van der Waals surface area contributed by atoms with Gasteiger partial charge in [0.2, 0.25) is 5.91 Å². The van der Waals surface area contributed by atoms with E-state index in [2.05, 4.69) is 31.5 Å². The molecule has 154 valence electrons. The predicted molar refractivity (Wildman–Crippen MR) is 112 cm³/mol. The van der Waals surface area contributed by atoms with Crippen molar-refractivity contribution < 1.29 is 9.59 Å². The van der Waals surface area contributed by atoms with Crippen LogP contribution in [-0.2, 0) is 4.79 Å². The Morgan fingerprint density at radius 3 is 2.23 bits per heavy atom. The first-order chi connectivity index (χ1) is 14.6. The number of urea groups is 1. The van der Waals surface area contributed by atoms with Crippen LogP contribution in [0.5, 0.6) is 0 Å². The zero-order chi connectivity index (χ0) is 20.8. The maximum atomic E-state index is 13.2. The Morgan fingerprint density at radius 2 is 1.57 bits per heavy atom. The van der Waals surface area contributed by atoms with Crippen molar-refractivity contribution in [1.82, 2.24) is 25.5 Å². The summed E-state index contributed by atoms with van der Waals surface area (Å²) in [6.45, 7) is 0. The van der Waals surface area contributed by atoms with E-state index in [1.54, 1.807) is 24.3 Å². The fraction of sp³-hybridized carbons (Fsp3) is 0.286. The minimum Gasteiger partial charge on any atom is -0.324 e. The average Bonchev–Trinajstić information content (AvgIpc) is 3.30. The molecule has 3 aromatic rings. The van der Waals surface area contributed by atoms with Crippen LogP contribution in [0.25, 0.3) is 5.69 Å². The van der Waals surface area contributed by atoms with E-state index in [0.29, 0.717) is 24.2 Å². The number of para-hydroxylation sites is 1. The van der Waals surface area contributed by atoms with E-state index in [1.807, 2.05) is 30.3 Å². The quantitative estimate of drug-likeness (QED) is 0.603. The normalized spacial score (nSPS) is 15.2. The van der Waals surface area contributed by atoms with Crippen LogP contribution in [0.4, 0.5) is 16.2 Å². The van der Waals surface area contributed by atoms with Gasteiger partial charge in [0.15, 0.2) is 0 Å². The van der Waals surface area contributed by atoms with Gasteiger partial charge in [-0.15, -0.1) is 5.10 Å². The van der Waals surface area contributed by atoms with Crippen molar-refractivity contribution in [3.63, 3.8) is 0 Å². The zero-order valence-corrected chi connectivity index (χ0v) is 16.4. The molecule has 0 spiro atoms. The number of aromatic nitrogens is 4. The van der Waals surface area contributed by atoms with Crippen LogP contribution in [0.15, 0.2) is 60.9 Å². The molecule has 1 aromatic heterocycles. The van der Waals surface area contributed by atoms with E-state index < -0.39 is 5.54 Å². The van der Waals surface area contributed by atoms with Gasteiger partial charge in [-0.25, -0.2) is 9.48 Å². The Kier molecular flexibility index (Phi) is 5.69. The Balaban J connectivity index is 1.46. The van der Waals surface area contributed by atoms with E-state index in [0.717, 1.165) is 24.9 Å². The molecule has 1 saturated carbocycles. The summed E-state index contributed by atoms with van der Waals surface area (Å²) in [6, 6.07) is 16.0. The standard InChI is InChI=1S/C21H23N7O2/c29-19(23-17-9-11-18(12-10-17)28-15-22-26-27-28)21(13-5-2-6-14-21)25-20(30)24-16-7-3-1-4-8-16/h1,3-4,7-12,15H,2,5-6,13-14H2,(H,23,29)(H2,24,25,30). The lowest BCUT2D eigenvalue weighted by Gasteiger charge is -2.36. The number of carbonyl (C=O) groups excluding carboxylic acids is 2. The van der Waals surface area contributed by atoms with Crippen molar-refractivity contribution >= 4 is 23.3 Å². The largest absolute Gasteiger partial charge is 0.324 e. The number of amides is 3. The van der Waals surface area contributed by atoms with Crippen molar-refractivity contribution in [1.29, 1.82) is 0 Å². The van der Waals surface area contributed by atoms with E-state index >= 15 is 0 Å². The monoisotopic (exact) mass is 405 g/mol. The molecule has 0 radical (unpaired) electrons. The molecule has 2 aromatic carbocycles. The predicted octanol–water partition coefficient (Wildman–Crippen LogP) is 3.13. The van der Waals surface area contributed by atoms with Crippen LogP contribution >= 0.6 is 0 Å². The molecule has 1 heterocycles. The van der Waals surface area contributed by atoms with Crippen molar-refractivity contribution in [2.24, 2.45) is 0 Å². The van der Waals surface area contributed by atoms with Crippen LogP contribution in [0.1, 0.15) is 32.1 Å². The highest BCUT2D eigenvalue weighted by Crippen LogP contribution is 2.30. The second-order valence-corrected chi connectivity index (χ2v) is 7.34. The molecule has 4 rings (SSSR count). The van der Waals surface area contributed by atoms with Gasteiger partial charge in [-0.3, -0.25) is 4.79 Å². The third-order valence-electron chi connectivity index (χ3n) is 5.26.